The smallest absolute Gasteiger partial charge is 0.271 e. The molecule has 1 aromatic heterocycles. The van der Waals surface area contributed by atoms with Gasteiger partial charge in [-0.25, -0.2) is 9.97 Å². The quantitative estimate of drug-likeness (QED) is 0.827. The topological polar surface area (TPSA) is 75.1 Å². The van der Waals surface area contributed by atoms with Gasteiger partial charge in [0.2, 0.25) is 0 Å². The Labute approximate surface area is 104 Å². The van der Waals surface area contributed by atoms with E-state index in [1.165, 1.54) is 12.4 Å². The lowest BCUT2D eigenvalue weighted by atomic mass is 9.64. The van der Waals surface area contributed by atoms with Gasteiger partial charge in [0.15, 0.2) is 0 Å². The largest absolute Gasteiger partial charge is 0.392 e. The van der Waals surface area contributed by atoms with Gasteiger partial charge in [-0.05, 0) is 6.42 Å². The first-order chi connectivity index (χ1) is 7.91. The molecule has 6 heteroatoms. The maximum Gasteiger partial charge on any atom is 0.271 e. The molecular weight excluding hydrogens is 242 g/mol. The fraction of sp³-hybridized carbons (Fsp3) is 0.545. The predicted octanol–water partition coefficient (Wildman–Crippen LogP) is 1.02. The van der Waals surface area contributed by atoms with Gasteiger partial charge in [0.1, 0.15) is 10.8 Å². The Balaban J connectivity index is 2.01. The summed E-state index contributed by atoms with van der Waals surface area (Å²) < 4.78 is 0. The summed E-state index contributed by atoms with van der Waals surface area (Å²) in [5.41, 5.74) is -0.0678. The van der Waals surface area contributed by atoms with Crippen molar-refractivity contribution in [1.29, 1.82) is 0 Å². The van der Waals surface area contributed by atoms with Gasteiger partial charge in [0.05, 0.1) is 18.5 Å². The molecule has 1 aromatic rings. The van der Waals surface area contributed by atoms with E-state index in [9.17, 15) is 9.90 Å². The number of carbonyl (C=O) groups is 1. The molecule has 0 spiro atoms. The van der Waals surface area contributed by atoms with Crippen molar-refractivity contribution in [3.63, 3.8) is 0 Å². The molecule has 0 bridgehead atoms. The van der Waals surface area contributed by atoms with E-state index in [-0.39, 0.29) is 34.3 Å². The fourth-order valence-electron chi connectivity index (χ4n) is 1.81. The van der Waals surface area contributed by atoms with E-state index in [0.717, 1.165) is 0 Å². The Morgan fingerprint density at radius 3 is 2.71 bits per heavy atom. The van der Waals surface area contributed by atoms with Crippen LogP contribution in [0.5, 0.6) is 0 Å². The number of hydrogen-bond acceptors (Lipinski definition) is 4. The summed E-state index contributed by atoms with van der Waals surface area (Å²) in [6.45, 7) is 3.83. The third-order valence-corrected chi connectivity index (χ3v) is 3.57. The Hall–Kier alpha value is -1.20. The second kappa shape index (κ2) is 4.23. The van der Waals surface area contributed by atoms with Crippen LogP contribution in [-0.2, 0) is 0 Å². The van der Waals surface area contributed by atoms with Crippen LogP contribution in [0, 0.1) is 5.41 Å². The third-order valence-electron chi connectivity index (χ3n) is 3.37. The molecule has 92 valence electrons. The highest BCUT2D eigenvalue weighted by Gasteiger charge is 2.48. The number of aliphatic hydroxyl groups excluding tert-OH is 1. The van der Waals surface area contributed by atoms with Crippen LogP contribution in [0.3, 0.4) is 0 Å². The Morgan fingerprint density at radius 2 is 2.24 bits per heavy atom. The van der Waals surface area contributed by atoms with E-state index < -0.39 is 0 Å². The van der Waals surface area contributed by atoms with Gasteiger partial charge < -0.3 is 10.4 Å². The lowest BCUT2D eigenvalue weighted by molar-refractivity contribution is -0.0690. The summed E-state index contributed by atoms with van der Waals surface area (Å²) in [7, 11) is 0. The maximum absolute atomic E-state index is 11.8. The van der Waals surface area contributed by atoms with Crippen LogP contribution in [-0.4, -0.2) is 33.1 Å². The van der Waals surface area contributed by atoms with Gasteiger partial charge >= 0.3 is 0 Å². The van der Waals surface area contributed by atoms with Crippen LogP contribution in [0.15, 0.2) is 12.4 Å². The molecule has 1 amide bonds. The third kappa shape index (κ3) is 2.25. The first-order valence-corrected chi connectivity index (χ1v) is 5.75. The molecule has 2 atom stereocenters. The number of rotatable bonds is 2. The van der Waals surface area contributed by atoms with Crippen molar-refractivity contribution in [2.24, 2.45) is 5.41 Å². The SMILES string of the molecule is CC1(C)C(O)CC1NC(=O)c1cnc(Cl)cn1. The van der Waals surface area contributed by atoms with E-state index in [2.05, 4.69) is 15.3 Å². The summed E-state index contributed by atoms with van der Waals surface area (Å²) in [5, 5.41) is 12.6. The van der Waals surface area contributed by atoms with E-state index in [1.54, 1.807) is 0 Å². The summed E-state index contributed by atoms with van der Waals surface area (Å²) in [6, 6.07) is -0.0394. The van der Waals surface area contributed by atoms with Crippen molar-refractivity contribution in [1.82, 2.24) is 15.3 Å². The molecule has 2 rings (SSSR count). The minimum atomic E-state index is -0.371. The highest BCUT2D eigenvalue weighted by atomic mass is 35.5. The zero-order valence-electron chi connectivity index (χ0n) is 9.64. The normalized spacial score (nSPS) is 26.1. The number of nitrogens with one attached hydrogen (secondary N) is 1. The minimum absolute atomic E-state index is 0.0394. The van der Waals surface area contributed by atoms with Crippen LogP contribution in [0.4, 0.5) is 0 Å². The van der Waals surface area contributed by atoms with Crippen molar-refractivity contribution < 1.29 is 9.90 Å². The summed E-state index contributed by atoms with van der Waals surface area (Å²) >= 11 is 5.59. The molecule has 0 aliphatic heterocycles. The summed E-state index contributed by atoms with van der Waals surface area (Å²) in [5.74, 6) is -0.292. The number of aliphatic hydroxyl groups is 1. The zero-order valence-corrected chi connectivity index (χ0v) is 10.4. The second-order valence-electron chi connectivity index (χ2n) is 4.82. The number of hydrogen-bond donors (Lipinski definition) is 2. The monoisotopic (exact) mass is 255 g/mol. The number of amides is 1. The molecule has 1 heterocycles. The van der Waals surface area contributed by atoms with Crippen molar-refractivity contribution in [3.8, 4) is 0 Å². The zero-order chi connectivity index (χ0) is 12.6. The lowest BCUT2D eigenvalue weighted by Gasteiger charge is -2.49. The molecule has 0 aromatic carbocycles. The van der Waals surface area contributed by atoms with Gasteiger partial charge in [0, 0.05) is 11.5 Å². The molecule has 5 nitrogen and oxygen atoms in total. The number of aromatic nitrogens is 2. The van der Waals surface area contributed by atoms with Gasteiger partial charge in [0.25, 0.3) is 5.91 Å². The Kier molecular flexibility index (Phi) is 3.05. The molecule has 1 fully saturated rings. The van der Waals surface area contributed by atoms with Crippen molar-refractivity contribution in [2.45, 2.75) is 32.4 Å². The Morgan fingerprint density at radius 1 is 1.53 bits per heavy atom. The first-order valence-electron chi connectivity index (χ1n) is 5.37. The van der Waals surface area contributed by atoms with E-state index in [4.69, 9.17) is 11.6 Å². The molecule has 2 unspecified atom stereocenters. The first kappa shape index (κ1) is 12.3. The standard InChI is InChI=1S/C11H14ClN3O2/c1-11(2)7(3-8(11)16)15-10(17)6-4-14-9(12)5-13-6/h4-5,7-8,16H,3H2,1-2H3,(H,15,17). The molecule has 0 saturated heterocycles. The van der Waals surface area contributed by atoms with E-state index in [1.807, 2.05) is 13.8 Å². The molecule has 17 heavy (non-hydrogen) atoms. The average molecular weight is 256 g/mol. The predicted molar refractivity (Wildman–Crippen MR) is 62.7 cm³/mol. The minimum Gasteiger partial charge on any atom is -0.392 e. The van der Waals surface area contributed by atoms with Gasteiger partial charge in [-0.15, -0.1) is 0 Å². The lowest BCUT2D eigenvalue weighted by Crippen LogP contribution is -2.61. The van der Waals surface area contributed by atoms with Crippen LogP contribution in [0.1, 0.15) is 30.8 Å². The average Bonchev–Trinajstić information content (AvgIpc) is 2.29. The van der Waals surface area contributed by atoms with E-state index >= 15 is 0 Å². The maximum atomic E-state index is 11.8. The molecule has 2 N–H and O–H groups in total. The van der Waals surface area contributed by atoms with Crippen LogP contribution < -0.4 is 5.32 Å². The Bertz CT molecular complexity index is 433. The van der Waals surface area contributed by atoms with Crippen molar-refractivity contribution >= 4 is 17.5 Å². The molecular formula is C11H14ClN3O2. The van der Waals surface area contributed by atoms with E-state index in [0.29, 0.717) is 6.42 Å². The van der Waals surface area contributed by atoms with Gasteiger partial charge in [-0.1, -0.05) is 25.4 Å². The van der Waals surface area contributed by atoms with Crippen molar-refractivity contribution in [3.05, 3.63) is 23.2 Å². The number of halogens is 1. The van der Waals surface area contributed by atoms with Gasteiger partial charge in [-0.3, -0.25) is 4.79 Å². The van der Waals surface area contributed by atoms with Crippen LogP contribution in [0.2, 0.25) is 5.15 Å². The highest BCUT2D eigenvalue weighted by molar-refractivity contribution is 6.29. The fourth-order valence-corrected chi connectivity index (χ4v) is 1.91. The highest BCUT2D eigenvalue weighted by Crippen LogP contribution is 2.40. The van der Waals surface area contributed by atoms with Crippen LogP contribution in [0.25, 0.3) is 0 Å². The van der Waals surface area contributed by atoms with Gasteiger partial charge in [-0.2, -0.15) is 0 Å². The number of carbonyl (C=O) groups excluding carboxylic acids is 1. The summed E-state index contributed by atoms with van der Waals surface area (Å²) in [4.78, 5) is 19.5. The summed E-state index contributed by atoms with van der Waals surface area (Å²) in [6.07, 6.45) is 2.86. The second-order valence-corrected chi connectivity index (χ2v) is 5.21. The number of nitrogens with zero attached hydrogens (tertiary/aromatic N) is 2. The molecule has 1 aliphatic carbocycles. The van der Waals surface area contributed by atoms with Crippen molar-refractivity contribution in [2.75, 3.05) is 0 Å². The molecule has 1 saturated carbocycles. The molecule has 0 radical (unpaired) electrons. The molecule has 1 aliphatic rings. The van der Waals surface area contributed by atoms with Crippen LogP contribution >= 0.6 is 11.6 Å².